The van der Waals surface area contributed by atoms with Crippen molar-refractivity contribution in [2.75, 3.05) is 20.7 Å². The van der Waals surface area contributed by atoms with E-state index in [-0.39, 0.29) is 11.9 Å². The lowest BCUT2D eigenvalue weighted by atomic mass is 9.84. The van der Waals surface area contributed by atoms with Gasteiger partial charge < -0.3 is 14.5 Å². The first-order chi connectivity index (χ1) is 18.0. The Kier molecular flexibility index (Phi) is 6.89. The Balaban J connectivity index is 1.49. The number of hydrogen-bond donors (Lipinski definition) is 1. The molecule has 0 unspecified atom stereocenters. The standard InChI is InChI=1S/C29H30N6O2/c1-4-37-27-11-21(8-9-26(27)20-7-5-6-19(10-20)14-30)29(36)35(25-12-24(13-25)34(2)3)18-23-16-31-15-22-17-32-33-28(22)23/h5-11,15-17,24-25H,4,12-13,18H2,1-3H3,(H,32,33). The first kappa shape index (κ1) is 24.5. The van der Waals surface area contributed by atoms with Crippen molar-refractivity contribution < 1.29 is 9.53 Å². The first-order valence-corrected chi connectivity index (χ1v) is 12.5. The average molecular weight is 495 g/mol. The molecule has 2 heterocycles. The summed E-state index contributed by atoms with van der Waals surface area (Å²) in [6.07, 6.45) is 7.16. The molecule has 0 bridgehead atoms. The summed E-state index contributed by atoms with van der Waals surface area (Å²) in [5.74, 6) is 0.581. The second kappa shape index (κ2) is 10.4. The number of aromatic nitrogens is 3. The number of rotatable bonds is 8. The number of benzene rings is 2. The van der Waals surface area contributed by atoms with E-state index in [4.69, 9.17) is 4.74 Å². The van der Waals surface area contributed by atoms with E-state index < -0.39 is 0 Å². The fraction of sp³-hybridized carbons (Fsp3) is 0.310. The fourth-order valence-electron chi connectivity index (χ4n) is 4.92. The number of hydrogen-bond acceptors (Lipinski definition) is 6. The van der Waals surface area contributed by atoms with Crippen LogP contribution in [0.5, 0.6) is 5.75 Å². The Morgan fingerprint density at radius 2 is 1.97 bits per heavy atom. The summed E-state index contributed by atoms with van der Waals surface area (Å²) in [7, 11) is 4.16. The summed E-state index contributed by atoms with van der Waals surface area (Å²) in [6, 6.07) is 15.8. The SMILES string of the molecule is CCOc1cc(C(=O)N(Cc2cncc3cn[nH]c23)C2CC(N(C)C)C2)ccc1-c1cccc(C#N)c1. The van der Waals surface area contributed by atoms with Gasteiger partial charge in [0, 0.05) is 53.1 Å². The average Bonchev–Trinajstić information content (AvgIpc) is 3.37. The zero-order valence-corrected chi connectivity index (χ0v) is 21.3. The number of fused-ring (bicyclic) bond motifs is 1. The van der Waals surface area contributed by atoms with Crippen LogP contribution in [-0.4, -0.2) is 63.7 Å². The Morgan fingerprint density at radius 3 is 2.73 bits per heavy atom. The molecule has 1 aliphatic rings. The van der Waals surface area contributed by atoms with Gasteiger partial charge in [-0.1, -0.05) is 12.1 Å². The molecule has 1 N–H and O–H groups in total. The molecule has 0 atom stereocenters. The predicted octanol–water partition coefficient (Wildman–Crippen LogP) is 4.63. The summed E-state index contributed by atoms with van der Waals surface area (Å²) in [4.78, 5) is 22.5. The molecular weight excluding hydrogens is 464 g/mol. The van der Waals surface area contributed by atoms with Gasteiger partial charge in [0.2, 0.25) is 0 Å². The minimum absolute atomic E-state index is 0.0444. The van der Waals surface area contributed by atoms with Gasteiger partial charge in [0.05, 0.1) is 30.0 Å². The highest BCUT2D eigenvalue weighted by Crippen LogP contribution is 2.35. The third-order valence-corrected chi connectivity index (χ3v) is 7.13. The molecule has 5 rings (SSSR count). The number of nitrogens with one attached hydrogen (secondary N) is 1. The molecule has 8 heteroatoms. The van der Waals surface area contributed by atoms with E-state index in [1.807, 2.05) is 48.2 Å². The first-order valence-electron chi connectivity index (χ1n) is 12.5. The van der Waals surface area contributed by atoms with Gasteiger partial charge in [-0.25, -0.2) is 0 Å². The number of nitrogens with zero attached hydrogens (tertiary/aromatic N) is 5. The van der Waals surface area contributed by atoms with Crippen molar-refractivity contribution in [1.82, 2.24) is 25.0 Å². The Hall–Kier alpha value is -4.22. The predicted molar refractivity (Wildman–Crippen MR) is 142 cm³/mol. The Bertz CT molecular complexity index is 1460. The molecule has 2 aromatic carbocycles. The van der Waals surface area contributed by atoms with Crippen LogP contribution in [0.25, 0.3) is 22.0 Å². The molecule has 8 nitrogen and oxygen atoms in total. The highest BCUT2D eigenvalue weighted by Gasteiger charge is 2.37. The number of nitriles is 1. The molecule has 37 heavy (non-hydrogen) atoms. The van der Waals surface area contributed by atoms with Crippen LogP contribution in [-0.2, 0) is 6.54 Å². The molecule has 1 aliphatic carbocycles. The smallest absolute Gasteiger partial charge is 0.254 e. The molecule has 1 fully saturated rings. The fourth-order valence-corrected chi connectivity index (χ4v) is 4.92. The second-order valence-corrected chi connectivity index (χ2v) is 9.65. The van der Waals surface area contributed by atoms with E-state index in [2.05, 4.69) is 40.2 Å². The van der Waals surface area contributed by atoms with Crippen LogP contribution >= 0.6 is 0 Å². The highest BCUT2D eigenvalue weighted by atomic mass is 16.5. The number of H-pyrrole nitrogens is 1. The molecule has 0 spiro atoms. The molecule has 1 saturated carbocycles. The van der Waals surface area contributed by atoms with Crippen molar-refractivity contribution in [2.45, 2.75) is 38.4 Å². The monoisotopic (exact) mass is 494 g/mol. The van der Waals surface area contributed by atoms with Crippen molar-refractivity contribution in [1.29, 1.82) is 5.26 Å². The molecule has 0 saturated heterocycles. The maximum Gasteiger partial charge on any atom is 0.254 e. The van der Waals surface area contributed by atoms with Crippen LogP contribution in [0, 0.1) is 11.3 Å². The largest absolute Gasteiger partial charge is 0.493 e. The van der Waals surface area contributed by atoms with Gasteiger partial charge in [-0.3, -0.25) is 14.9 Å². The van der Waals surface area contributed by atoms with E-state index in [0.29, 0.717) is 36.1 Å². The van der Waals surface area contributed by atoms with Gasteiger partial charge >= 0.3 is 0 Å². The molecule has 0 aliphatic heterocycles. The van der Waals surface area contributed by atoms with Crippen molar-refractivity contribution in [3.63, 3.8) is 0 Å². The second-order valence-electron chi connectivity index (χ2n) is 9.65. The maximum atomic E-state index is 14.0. The zero-order chi connectivity index (χ0) is 25.9. The van der Waals surface area contributed by atoms with Gasteiger partial charge in [-0.15, -0.1) is 0 Å². The third kappa shape index (κ3) is 4.91. The van der Waals surface area contributed by atoms with E-state index >= 15 is 0 Å². The van der Waals surface area contributed by atoms with Crippen molar-refractivity contribution in [2.24, 2.45) is 0 Å². The van der Waals surface area contributed by atoms with Gasteiger partial charge in [0.1, 0.15) is 5.75 Å². The van der Waals surface area contributed by atoms with Crippen LogP contribution in [0.2, 0.25) is 0 Å². The van der Waals surface area contributed by atoms with Crippen molar-refractivity contribution in [3.8, 4) is 22.9 Å². The van der Waals surface area contributed by atoms with Gasteiger partial charge in [-0.05, 0) is 69.8 Å². The van der Waals surface area contributed by atoms with E-state index in [1.54, 1.807) is 24.7 Å². The molecule has 4 aromatic rings. The lowest BCUT2D eigenvalue weighted by molar-refractivity contribution is 0.0343. The minimum Gasteiger partial charge on any atom is -0.493 e. The van der Waals surface area contributed by atoms with Gasteiger partial charge in [-0.2, -0.15) is 10.4 Å². The van der Waals surface area contributed by atoms with Crippen LogP contribution < -0.4 is 4.74 Å². The topological polar surface area (TPSA) is 98.1 Å². The normalized spacial score (nSPS) is 16.8. The number of carbonyl (C=O) groups excluding carboxylic acids is 1. The molecule has 0 radical (unpaired) electrons. The molecular formula is C29H30N6O2. The minimum atomic E-state index is -0.0444. The van der Waals surface area contributed by atoms with Gasteiger partial charge in [0.15, 0.2) is 0 Å². The van der Waals surface area contributed by atoms with Crippen LogP contribution in [0.15, 0.2) is 61.1 Å². The third-order valence-electron chi connectivity index (χ3n) is 7.13. The van der Waals surface area contributed by atoms with Crippen molar-refractivity contribution >= 4 is 16.8 Å². The van der Waals surface area contributed by atoms with E-state index in [1.165, 1.54) is 0 Å². The quantitative estimate of drug-likeness (QED) is 0.384. The Labute approximate surface area is 216 Å². The van der Waals surface area contributed by atoms with E-state index in [9.17, 15) is 10.1 Å². The number of ether oxygens (including phenoxy) is 1. The molecule has 188 valence electrons. The van der Waals surface area contributed by atoms with Crippen LogP contribution in [0.1, 0.15) is 41.3 Å². The van der Waals surface area contributed by atoms with Crippen LogP contribution in [0.4, 0.5) is 0 Å². The lowest BCUT2D eigenvalue weighted by Gasteiger charge is -2.45. The van der Waals surface area contributed by atoms with E-state index in [0.717, 1.165) is 40.4 Å². The molecule has 1 amide bonds. The number of amides is 1. The number of pyridine rings is 1. The Morgan fingerprint density at radius 1 is 1.14 bits per heavy atom. The zero-order valence-electron chi connectivity index (χ0n) is 21.3. The number of carbonyl (C=O) groups is 1. The molecule has 2 aromatic heterocycles. The van der Waals surface area contributed by atoms with Crippen molar-refractivity contribution in [3.05, 3.63) is 77.7 Å². The summed E-state index contributed by atoms with van der Waals surface area (Å²) in [6.45, 7) is 2.82. The summed E-state index contributed by atoms with van der Waals surface area (Å²) >= 11 is 0. The summed E-state index contributed by atoms with van der Waals surface area (Å²) in [5, 5.41) is 17.5. The highest BCUT2D eigenvalue weighted by molar-refractivity contribution is 5.96. The van der Waals surface area contributed by atoms with Gasteiger partial charge in [0.25, 0.3) is 5.91 Å². The lowest BCUT2D eigenvalue weighted by Crippen LogP contribution is -2.53. The summed E-state index contributed by atoms with van der Waals surface area (Å²) < 4.78 is 5.97. The van der Waals surface area contributed by atoms with Crippen LogP contribution in [0.3, 0.4) is 0 Å². The summed E-state index contributed by atoms with van der Waals surface area (Å²) in [5.41, 5.74) is 4.72. The maximum absolute atomic E-state index is 14.0. The number of aromatic amines is 1.